The van der Waals surface area contributed by atoms with Crippen LogP contribution >= 0.6 is 11.3 Å². The van der Waals surface area contributed by atoms with E-state index < -0.39 is 0 Å². The molecule has 0 aromatic carbocycles. The molecule has 13 heavy (non-hydrogen) atoms. The number of thiophene rings is 1. The van der Waals surface area contributed by atoms with Crippen molar-refractivity contribution >= 4 is 17.3 Å². The van der Waals surface area contributed by atoms with Crippen molar-refractivity contribution in [1.29, 1.82) is 0 Å². The number of hydrogen-bond acceptors (Lipinski definition) is 3. The molecule has 0 amide bonds. The highest BCUT2D eigenvalue weighted by molar-refractivity contribution is 7.11. The minimum atomic E-state index is -0.133. The van der Waals surface area contributed by atoms with Crippen molar-refractivity contribution in [1.82, 2.24) is 0 Å². The van der Waals surface area contributed by atoms with Crippen LogP contribution in [0.4, 0.5) is 0 Å². The lowest BCUT2D eigenvalue weighted by Crippen LogP contribution is -2.00. The fraction of sp³-hybridized carbons (Fsp3) is 0.500. The predicted molar refractivity (Wildman–Crippen MR) is 54.0 cm³/mol. The van der Waals surface area contributed by atoms with Gasteiger partial charge < -0.3 is 4.74 Å². The van der Waals surface area contributed by atoms with Crippen molar-refractivity contribution in [3.05, 3.63) is 21.9 Å². The molecule has 0 radical (unpaired) electrons. The molecule has 0 atom stereocenters. The van der Waals surface area contributed by atoms with Crippen LogP contribution in [-0.4, -0.2) is 13.1 Å². The second-order valence-electron chi connectivity index (χ2n) is 2.80. The van der Waals surface area contributed by atoms with Crippen molar-refractivity contribution in [2.24, 2.45) is 0 Å². The van der Waals surface area contributed by atoms with E-state index in [2.05, 4.69) is 23.8 Å². The van der Waals surface area contributed by atoms with Crippen molar-refractivity contribution < 1.29 is 9.53 Å². The number of methoxy groups -OCH3 is 1. The van der Waals surface area contributed by atoms with Crippen molar-refractivity contribution in [2.75, 3.05) is 7.11 Å². The largest absolute Gasteiger partial charge is 0.469 e. The number of carbonyl (C=O) groups is 1. The molecule has 0 bridgehead atoms. The summed E-state index contributed by atoms with van der Waals surface area (Å²) >= 11 is 1.78. The van der Waals surface area contributed by atoms with Crippen molar-refractivity contribution in [2.45, 2.75) is 26.2 Å². The summed E-state index contributed by atoms with van der Waals surface area (Å²) in [5.41, 5.74) is 0. The van der Waals surface area contributed by atoms with Gasteiger partial charge in [0.1, 0.15) is 0 Å². The summed E-state index contributed by atoms with van der Waals surface area (Å²) in [7, 11) is 1.42. The highest BCUT2D eigenvalue weighted by Crippen LogP contribution is 2.18. The van der Waals surface area contributed by atoms with Crippen molar-refractivity contribution in [3.8, 4) is 0 Å². The molecule has 2 nitrogen and oxygen atoms in total. The first-order valence-corrected chi connectivity index (χ1v) is 5.22. The minimum Gasteiger partial charge on any atom is -0.469 e. The van der Waals surface area contributed by atoms with E-state index >= 15 is 0 Å². The Labute approximate surface area is 82.5 Å². The molecule has 0 aliphatic rings. The number of hydrogen-bond donors (Lipinski definition) is 0. The van der Waals surface area contributed by atoms with Gasteiger partial charge in [-0.3, -0.25) is 4.79 Å². The van der Waals surface area contributed by atoms with Gasteiger partial charge in [-0.1, -0.05) is 6.92 Å². The molecule has 72 valence electrons. The SMILES string of the molecule is CCc1ccc(CCC(=O)OC)s1. The van der Waals surface area contributed by atoms with Gasteiger partial charge in [-0.15, -0.1) is 11.3 Å². The van der Waals surface area contributed by atoms with Crippen LogP contribution in [-0.2, 0) is 22.4 Å². The number of ether oxygens (including phenoxy) is 1. The predicted octanol–water partition coefficient (Wildman–Crippen LogP) is 2.42. The molecular formula is C10H14O2S. The van der Waals surface area contributed by atoms with Crippen LogP contribution in [0.3, 0.4) is 0 Å². The third-order valence-corrected chi connectivity index (χ3v) is 3.16. The molecule has 1 rings (SSSR count). The van der Waals surface area contributed by atoms with Gasteiger partial charge in [0.2, 0.25) is 0 Å². The molecule has 0 aliphatic heterocycles. The van der Waals surface area contributed by atoms with E-state index in [1.165, 1.54) is 16.9 Å². The van der Waals surface area contributed by atoms with Gasteiger partial charge in [0.15, 0.2) is 0 Å². The lowest BCUT2D eigenvalue weighted by molar-refractivity contribution is -0.140. The summed E-state index contributed by atoms with van der Waals surface area (Å²) in [6, 6.07) is 4.21. The van der Waals surface area contributed by atoms with Gasteiger partial charge in [-0.05, 0) is 25.0 Å². The van der Waals surface area contributed by atoms with Gasteiger partial charge in [0.25, 0.3) is 0 Å². The van der Waals surface area contributed by atoms with Gasteiger partial charge in [-0.2, -0.15) is 0 Å². The molecule has 1 aromatic heterocycles. The lowest BCUT2D eigenvalue weighted by atomic mass is 10.2. The van der Waals surface area contributed by atoms with Gasteiger partial charge >= 0.3 is 5.97 Å². The third-order valence-electron chi connectivity index (χ3n) is 1.87. The van der Waals surface area contributed by atoms with Crippen molar-refractivity contribution in [3.63, 3.8) is 0 Å². The van der Waals surface area contributed by atoms with E-state index in [0.29, 0.717) is 6.42 Å². The Balaban J connectivity index is 2.41. The molecule has 0 aliphatic carbocycles. The average Bonchev–Trinajstić information content (AvgIpc) is 2.61. The number of aryl methyl sites for hydroxylation is 2. The average molecular weight is 198 g/mol. The summed E-state index contributed by atoms with van der Waals surface area (Å²) < 4.78 is 4.57. The minimum absolute atomic E-state index is 0.133. The van der Waals surface area contributed by atoms with E-state index in [1.807, 2.05) is 0 Å². The topological polar surface area (TPSA) is 26.3 Å². The smallest absolute Gasteiger partial charge is 0.305 e. The third kappa shape index (κ3) is 3.19. The maximum atomic E-state index is 10.8. The van der Waals surface area contributed by atoms with Crippen LogP contribution in [0.1, 0.15) is 23.1 Å². The lowest BCUT2D eigenvalue weighted by Gasteiger charge is -1.96. The number of esters is 1. The van der Waals surface area contributed by atoms with Crippen LogP contribution in [0.5, 0.6) is 0 Å². The van der Waals surface area contributed by atoms with Gasteiger partial charge in [0.05, 0.1) is 13.5 Å². The summed E-state index contributed by atoms with van der Waals surface area (Å²) in [4.78, 5) is 13.5. The molecule has 0 fully saturated rings. The zero-order chi connectivity index (χ0) is 9.68. The Hall–Kier alpha value is -0.830. The quantitative estimate of drug-likeness (QED) is 0.694. The molecule has 0 unspecified atom stereocenters. The zero-order valence-corrected chi connectivity index (χ0v) is 8.82. The maximum Gasteiger partial charge on any atom is 0.305 e. The Morgan fingerprint density at radius 2 is 2.15 bits per heavy atom. The second kappa shape index (κ2) is 5.02. The first kappa shape index (κ1) is 10.3. The summed E-state index contributed by atoms with van der Waals surface area (Å²) in [5, 5.41) is 0. The molecule has 1 heterocycles. The monoisotopic (exact) mass is 198 g/mol. The molecule has 1 aromatic rings. The molecule has 0 saturated heterocycles. The van der Waals surface area contributed by atoms with E-state index in [4.69, 9.17) is 0 Å². The number of carbonyl (C=O) groups excluding carboxylic acids is 1. The molecule has 0 N–H and O–H groups in total. The molecule has 0 spiro atoms. The fourth-order valence-corrected chi connectivity index (χ4v) is 2.03. The Kier molecular flexibility index (Phi) is 3.96. The van der Waals surface area contributed by atoms with E-state index in [0.717, 1.165) is 12.8 Å². The van der Waals surface area contributed by atoms with E-state index in [9.17, 15) is 4.79 Å². The normalized spacial score (nSPS) is 10.0. The summed E-state index contributed by atoms with van der Waals surface area (Å²) in [6.45, 7) is 2.13. The first-order valence-electron chi connectivity index (χ1n) is 4.40. The summed E-state index contributed by atoms with van der Waals surface area (Å²) in [5.74, 6) is -0.133. The maximum absolute atomic E-state index is 10.8. The zero-order valence-electron chi connectivity index (χ0n) is 8.00. The van der Waals surface area contributed by atoms with E-state index in [1.54, 1.807) is 11.3 Å². The van der Waals surface area contributed by atoms with Crippen LogP contribution < -0.4 is 0 Å². The highest BCUT2D eigenvalue weighted by Gasteiger charge is 2.03. The Bertz CT molecular complexity index is 278. The molecular weight excluding hydrogens is 184 g/mol. The van der Waals surface area contributed by atoms with Crippen LogP contribution in [0.25, 0.3) is 0 Å². The number of rotatable bonds is 4. The standard InChI is InChI=1S/C10H14O2S/c1-3-8-4-5-9(13-8)6-7-10(11)12-2/h4-5H,3,6-7H2,1-2H3. The van der Waals surface area contributed by atoms with E-state index in [-0.39, 0.29) is 5.97 Å². The Morgan fingerprint density at radius 3 is 2.69 bits per heavy atom. The van der Waals surface area contributed by atoms with Crippen LogP contribution in [0.2, 0.25) is 0 Å². The molecule has 0 saturated carbocycles. The van der Waals surface area contributed by atoms with Crippen LogP contribution in [0.15, 0.2) is 12.1 Å². The van der Waals surface area contributed by atoms with Gasteiger partial charge in [-0.25, -0.2) is 0 Å². The van der Waals surface area contributed by atoms with Crippen LogP contribution in [0, 0.1) is 0 Å². The highest BCUT2D eigenvalue weighted by atomic mass is 32.1. The Morgan fingerprint density at radius 1 is 1.46 bits per heavy atom. The van der Waals surface area contributed by atoms with Gasteiger partial charge in [0, 0.05) is 9.75 Å². The fourth-order valence-electron chi connectivity index (χ4n) is 1.07. The summed E-state index contributed by atoms with van der Waals surface area (Å²) in [6.07, 6.45) is 2.36. The first-order chi connectivity index (χ1) is 6.26. The molecule has 3 heteroatoms. The second-order valence-corrected chi connectivity index (χ2v) is 4.05.